The van der Waals surface area contributed by atoms with Gasteiger partial charge in [0, 0.05) is 10.9 Å². The lowest BCUT2D eigenvalue weighted by molar-refractivity contribution is -0.0166. The molecule has 4 nitrogen and oxygen atoms in total. The molecule has 4 aliphatic carbocycles. The lowest BCUT2D eigenvalue weighted by atomic mass is 9.53. The molecule has 0 aliphatic heterocycles. The second kappa shape index (κ2) is 4.34. The van der Waals surface area contributed by atoms with E-state index in [1.807, 2.05) is 18.2 Å². The molecule has 1 heterocycles. The third-order valence-corrected chi connectivity index (χ3v) is 6.14. The van der Waals surface area contributed by atoms with E-state index in [1.165, 1.54) is 38.5 Å². The maximum Gasteiger partial charge on any atom is 0.253 e. The van der Waals surface area contributed by atoms with Crippen LogP contribution in [0.1, 0.15) is 48.9 Å². The molecule has 4 aliphatic rings. The normalized spacial score (nSPS) is 35.9. The SMILES string of the molecule is O=C(NC12CC3CC(CC(C3)C1)C2)c1cccc2cn[nH]c12. The summed E-state index contributed by atoms with van der Waals surface area (Å²) in [6.45, 7) is 0. The van der Waals surface area contributed by atoms with Gasteiger partial charge in [-0.2, -0.15) is 5.10 Å². The smallest absolute Gasteiger partial charge is 0.253 e. The Hall–Kier alpha value is -1.84. The average Bonchev–Trinajstić information content (AvgIpc) is 2.93. The lowest BCUT2D eigenvalue weighted by Gasteiger charge is -2.56. The molecule has 1 aromatic carbocycles. The molecular weight excluding hydrogens is 274 g/mol. The highest BCUT2D eigenvalue weighted by Gasteiger charge is 2.51. The molecule has 0 radical (unpaired) electrons. The first-order chi connectivity index (χ1) is 10.7. The molecule has 4 bridgehead atoms. The molecular formula is C18H21N3O. The van der Waals surface area contributed by atoms with E-state index < -0.39 is 0 Å². The van der Waals surface area contributed by atoms with Crippen LogP contribution in [0.15, 0.2) is 24.4 Å². The molecule has 4 heteroatoms. The van der Waals surface area contributed by atoms with Gasteiger partial charge in [0.1, 0.15) is 0 Å². The summed E-state index contributed by atoms with van der Waals surface area (Å²) in [4.78, 5) is 12.9. The van der Waals surface area contributed by atoms with E-state index in [2.05, 4.69) is 15.5 Å². The zero-order valence-corrected chi connectivity index (χ0v) is 12.6. The minimum atomic E-state index is 0.0635. The average molecular weight is 295 g/mol. The van der Waals surface area contributed by atoms with Crippen molar-refractivity contribution in [2.75, 3.05) is 0 Å². The van der Waals surface area contributed by atoms with Gasteiger partial charge in [0.2, 0.25) is 0 Å². The number of carbonyl (C=O) groups is 1. The number of para-hydroxylation sites is 1. The van der Waals surface area contributed by atoms with E-state index in [0.29, 0.717) is 0 Å². The van der Waals surface area contributed by atoms with Crippen LogP contribution >= 0.6 is 0 Å². The number of benzene rings is 1. The van der Waals surface area contributed by atoms with Crippen LogP contribution in [0.5, 0.6) is 0 Å². The van der Waals surface area contributed by atoms with Crippen LogP contribution in [0, 0.1) is 17.8 Å². The van der Waals surface area contributed by atoms with E-state index in [9.17, 15) is 4.79 Å². The van der Waals surface area contributed by atoms with Gasteiger partial charge in [-0.1, -0.05) is 12.1 Å². The van der Waals surface area contributed by atoms with Crippen molar-refractivity contribution in [2.24, 2.45) is 17.8 Å². The molecule has 0 saturated heterocycles. The van der Waals surface area contributed by atoms with Crippen molar-refractivity contribution in [3.05, 3.63) is 30.0 Å². The summed E-state index contributed by atoms with van der Waals surface area (Å²) in [5, 5.41) is 11.5. The largest absolute Gasteiger partial charge is 0.347 e. The number of nitrogens with zero attached hydrogens (tertiary/aromatic N) is 1. The Morgan fingerprint density at radius 1 is 1.14 bits per heavy atom. The second-order valence-electron chi connectivity index (χ2n) is 7.79. The quantitative estimate of drug-likeness (QED) is 0.893. The fourth-order valence-corrected chi connectivity index (χ4v) is 5.73. The van der Waals surface area contributed by atoms with Crippen LogP contribution in [0.3, 0.4) is 0 Å². The Morgan fingerprint density at radius 2 is 1.82 bits per heavy atom. The highest BCUT2D eigenvalue weighted by Crippen LogP contribution is 2.55. The van der Waals surface area contributed by atoms with Crippen molar-refractivity contribution < 1.29 is 4.79 Å². The third-order valence-electron chi connectivity index (χ3n) is 6.14. The van der Waals surface area contributed by atoms with Crippen molar-refractivity contribution >= 4 is 16.8 Å². The summed E-state index contributed by atoms with van der Waals surface area (Å²) in [7, 11) is 0. The van der Waals surface area contributed by atoms with Crippen LogP contribution < -0.4 is 5.32 Å². The molecule has 22 heavy (non-hydrogen) atoms. The molecule has 0 spiro atoms. The van der Waals surface area contributed by atoms with E-state index in [0.717, 1.165) is 34.2 Å². The number of hydrogen-bond donors (Lipinski definition) is 2. The van der Waals surface area contributed by atoms with E-state index in [4.69, 9.17) is 0 Å². The standard InChI is InChI=1S/C18H21N3O/c22-17(15-3-1-2-14-10-19-21-16(14)15)20-18-7-11-4-12(8-18)6-13(5-11)9-18/h1-3,10-13H,4-9H2,(H,19,21)(H,20,22). The van der Waals surface area contributed by atoms with Gasteiger partial charge in [0.15, 0.2) is 0 Å². The molecule has 4 fully saturated rings. The van der Waals surface area contributed by atoms with Gasteiger partial charge in [0.25, 0.3) is 5.91 Å². The molecule has 0 atom stereocenters. The van der Waals surface area contributed by atoms with Gasteiger partial charge in [0.05, 0.1) is 17.3 Å². The first-order valence-electron chi connectivity index (χ1n) is 8.45. The maximum atomic E-state index is 12.9. The lowest BCUT2D eigenvalue weighted by Crippen LogP contribution is -2.59. The Balaban J connectivity index is 1.46. The van der Waals surface area contributed by atoms with Crippen LogP contribution in [0.4, 0.5) is 0 Å². The van der Waals surface area contributed by atoms with Gasteiger partial charge in [-0.25, -0.2) is 0 Å². The van der Waals surface area contributed by atoms with Gasteiger partial charge >= 0.3 is 0 Å². The van der Waals surface area contributed by atoms with Gasteiger partial charge in [-0.3, -0.25) is 9.89 Å². The Labute approximate surface area is 129 Å². The summed E-state index contributed by atoms with van der Waals surface area (Å²) in [5.41, 5.74) is 1.64. The van der Waals surface area contributed by atoms with E-state index in [-0.39, 0.29) is 11.4 Å². The number of aromatic nitrogens is 2. The van der Waals surface area contributed by atoms with Crippen molar-refractivity contribution in [2.45, 2.75) is 44.1 Å². The molecule has 2 aromatic rings. The monoisotopic (exact) mass is 295 g/mol. The van der Waals surface area contributed by atoms with Crippen LogP contribution in [-0.2, 0) is 0 Å². The van der Waals surface area contributed by atoms with Crippen molar-refractivity contribution in [3.8, 4) is 0 Å². The van der Waals surface area contributed by atoms with Gasteiger partial charge in [-0.15, -0.1) is 0 Å². The molecule has 0 unspecified atom stereocenters. The Kier molecular flexibility index (Phi) is 2.50. The summed E-state index contributed by atoms with van der Waals surface area (Å²) >= 11 is 0. The number of rotatable bonds is 2. The number of hydrogen-bond acceptors (Lipinski definition) is 2. The van der Waals surface area contributed by atoms with Gasteiger partial charge in [-0.05, 0) is 62.3 Å². The predicted octanol–water partition coefficient (Wildman–Crippen LogP) is 3.26. The van der Waals surface area contributed by atoms with Crippen LogP contribution in [-0.4, -0.2) is 21.6 Å². The number of amides is 1. The second-order valence-corrected chi connectivity index (χ2v) is 7.79. The van der Waals surface area contributed by atoms with Crippen molar-refractivity contribution in [3.63, 3.8) is 0 Å². The summed E-state index contributed by atoms with van der Waals surface area (Å²) in [6, 6.07) is 5.82. The van der Waals surface area contributed by atoms with E-state index in [1.54, 1.807) is 6.20 Å². The van der Waals surface area contributed by atoms with Crippen molar-refractivity contribution in [1.29, 1.82) is 0 Å². The molecule has 1 amide bonds. The van der Waals surface area contributed by atoms with Crippen LogP contribution in [0.2, 0.25) is 0 Å². The first kappa shape index (κ1) is 12.7. The molecule has 1 aromatic heterocycles. The van der Waals surface area contributed by atoms with Crippen molar-refractivity contribution in [1.82, 2.24) is 15.5 Å². The number of nitrogens with one attached hydrogen (secondary N) is 2. The summed E-state index contributed by atoms with van der Waals surface area (Å²) < 4.78 is 0. The zero-order valence-electron chi connectivity index (χ0n) is 12.6. The first-order valence-corrected chi connectivity index (χ1v) is 8.45. The highest BCUT2D eigenvalue weighted by atomic mass is 16.1. The molecule has 2 N–H and O–H groups in total. The summed E-state index contributed by atoms with van der Waals surface area (Å²) in [6.07, 6.45) is 9.51. The fraction of sp³-hybridized carbons (Fsp3) is 0.556. The fourth-order valence-electron chi connectivity index (χ4n) is 5.73. The van der Waals surface area contributed by atoms with Crippen LogP contribution in [0.25, 0.3) is 10.9 Å². The highest BCUT2D eigenvalue weighted by molar-refractivity contribution is 6.05. The summed E-state index contributed by atoms with van der Waals surface area (Å²) in [5.74, 6) is 2.59. The van der Waals surface area contributed by atoms with E-state index >= 15 is 0 Å². The number of aromatic amines is 1. The Morgan fingerprint density at radius 3 is 2.50 bits per heavy atom. The van der Waals surface area contributed by atoms with Gasteiger partial charge < -0.3 is 5.32 Å². The minimum absolute atomic E-state index is 0.0635. The molecule has 6 rings (SSSR count). The zero-order chi connectivity index (χ0) is 14.7. The number of fused-ring (bicyclic) bond motifs is 1. The third kappa shape index (κ3) is 1.82. The number of H-pyrrole nitrogens is 1. The number of carbonyl (C=O) groups excluding carboxylic acids is 1. The Bertz CT molecular complexity index is 712. The topological polar surface area (TPSA) is 57.8 Å². The molecule has 114 valence electrons. The minimum Gasteiger partial charge on any atom is -0.347 e. The maximum absolute atomic E-state index is 12.9. The molecule has 4 saturated carbocycles. The predicted molar refractivity (Wildman–Crippen MR) is 84.5 cm³/mol.